The number of nitrogens with zero attached hydrogens (tertiary/aromatic N) is 1. The van der Waals surface area contributed by atoms with E-state index in [-0.39, 0.29) is 16.3 Å². The molecule has 0 atom stereocenters. The van der Waals surface area contributed by atoms with Gasteiger partial charge in [0.25, 0.3) is 5.69 Å². The number of hydrogen-bond donors (Lipinski definition) is 1. The van der Waals surface area contributed by atoms with Crippen molar-refractivity contribution in [2.45, 2.75) is 10.6 Å². The molecule has 8 heteroatoms. The minimum atomic E-state index is -3.57. The smallest absolute Gasteiger partial charge is 0.270 e. The van der Waals surface area contributed by atoms with E-state index in [1.165, 1.54) is 30.3 Å². The van der Waals surface area contributed by atoms with E-state index in [0.29, 0.717) is 15.7 Å². The summed E-state index contributed by atoms with van der Waals surface area (Å²) in [5.74, 6) is -0.269. The van der Waals surface area contributed by atoms with E-state index in [4.69, 9.17) is 5.73 Å². The monoisotopic (exact) mass is 370 g/mol. The maximum Gasteiger partial charge on any atom is 0.270 e. The molecule has 0 unspecified atom stereocenters. The summed E-state index contributed by atoms with van der Waals surface area (Å²) >= 11 is 3.16. The first kappa shape index (κ1) is 15.5. The van der Waals surface area contributed by atoms with Crippen LogP contribution in [-0.2, 0) is 15.6 Å². The van der Waals surface area contributed by atoms with Crippen LogP contribution >= 0.6 is 15.9 Å². The summed E-state index contributed by atoms with van der Waals surface area (Å²) in [6, 6.07) is 9.98. The number of nitro benzene ring substituents is 1. The minimum absolute atomic E-state index is 0.105. The van der Waals surface area contributed by atoms with Crippen LogP contribution in [0.1, 0.15) is 5.56 Å². The summed E-state index contributed by atoms with van der Waals surface area (Å²) in [5, 5.41) is 10.7. The lowest BCUT2D eigenvalue weighted by molar-refractivity contribution is -0.384. The van der Waals surface area contributed by atoms with Crippen LogP contribution in [-0.4, -0.2) is 13.3 Å². The van der Waals surface area contributed by atoms with E-state index < -0.39 is 14.8 Å². The van der Waals surface area contributed by atoms with E-state index >= 15 is 0 Å². The van der Waals surface area contributed by atoms with Crippen molar-refractivity contribution in [1.29, 1.82) is 0 Å². The Bertz CT molecular complexity index is 806. The highest BCUT2D eigenvalue weighted by Crippen LogP contribution is 2.27. The molecule has 0 fully saturated rings. The van der Waals surface area contributed by atoms with Crippen molar-refractivity contribution in [3.05, 3.63) is 62.6 Å². The van der Waals surface area contributed by atoms with E-state index in [2.05, 4.69) is 15.9 Å². The first-order valence-electron chi connectivity index (χ1n) is 5.81. The van der Waals surface area contributed by atoms with Crippen molar-refractivity contribution in [3.63, 3.8) is 0 Å². The van der Waals surface area contributed by atoms with Crippen LogP contribution in [0.3, 0.4) is 0 Å². The Morgan fingerprint density at radius 3 is 2.48 bits per heavy atom. The predicted molar refractivity (Wildman–Crippen MR) is 82.5 cm³/mol. The number of halogens is 1. The Kier molecular flexibility index (Phi) is 4.29. The molecule has 0 radical (unpaired) electrons. The molecule has 2 aromatic carbocycles. The molecule has 0 aliphatic carbocycles. The second-order valence-electron chi connectivity index (χ2n) is 4.36. The average Bonchev–Trinajstić information content (AvgIpc) is 2.40. The molecule has 0 heterocycles. The zero-order valence-electron chi connectivity index (χ0n) is 10.7. The first-order valence-corrected chi connectivity index (χ1v) is 8.25. The van der Waals surface area contributed by atoms with Crippen molar-refractivity contribution in [2.75, 3.05) is 5.73 Å². The van der Waals surface area contributed by atoms with Gasteiger partial charge in [0.2, 0.25) is 0 Å². The second-order valence-corrected chi connectivity index (χ2v) is 7.21. The number of nitrogens with two attached hydrogens (primary N) is 1. The number of benzene rings is 2. The maximum atomic E-state index is 12.3. The Morgan fingerprint density at radius 2 is 1.90 bits per heavy atom. The summed E-state index contributed by atoms with van der Waals surface area (Å²) in [6.45, 7) is 0. The molecule has 0 aliphatic heterocycles. The SMILES string of the molecule is Nc1cccc(S(=O)(=O)Cc2ccc([N+](=O)[O-])cc2Br)c1. The molecule has 21 heavy (non-hydrogen) atoms. The normalized spacial score (nSPS) is 11.3. The Hall–Kier alpha value is -1.93. The van der Waals surface area contributed by atoms with Crippen LogP contribution in [0.15, 0.2) is 51.8 Å². The van der Waals surface area contributed by atoms with Crippen molar-refractivity contribution >= 4 is 37.1 Å². The highest BCUT2D eigenvalue weighted by atomic mass is 79.9. The molecule has 2 rings (SSSR count). The summed E-state index contributed by atoms with van der Waals surface area (Å²) in [5.41, 5.74) is 6.29. The fourth-order valence-corrected chi connectivity index (χ4v) is 3.88. The van der Waals surface area contributed by atoms with Gasteiger partial charge in [-0.25, -0.2) is 8.42 Å². The molecular formula is C13H11BrN2O4S. The van der Waals surface area contributed by atoms with Gasteiger partial charge in [0, 0.05) is 22.3 Å². The van der Waals surface area contributed by atoms with E-state index in [1.807, 2.05) is 0 Å². The van der Waals surface area contributed by atoms with Gasteiger partial charge in [0.05, 0.1) is 15.6 Å². The zero-order valence-corrected chi connectivity index (χ0v) is 13.1. The van der Waals surface area contributed by atoms with Gasteiger partial charge < -0.3 is 5.73 Å². The molecule has 0 aliphatic rings. The Morgan fingerprint density at radius 1 is 1.19 bits per heavy atom. The van der Waals surface area contributed by atoms with Gasteiger partial charge in [-0.3, -0.25) is 10.1 Å². The number of nitrogen functional groups attached to an aromatic ring is 1. The lowest BCUT2D eigenvalue weighted by atomic mass is 10.2. The molecule has 110 valence electrons. The van der Waals surface area contributed by atoms with Gasteiger partial charge in [-0.2, -0.15) is 0 Å². The van der Waals surface area contributed by atoms with E-state index in [0.717, 1.165) is 0 Å². The Balaban J connectivity index is 2.35. The summed E-state index contributed by atoms with van der Waals surface area (Å²) in [4.78, 5) is 10.2. The van der Waals surface area contributed by atoms with Crippen LogP contribution in [0, 0.1) is 10.1 Å². The van der Waals surface area contributed by atoms with Gasteiger partial charge in [0.15, 0.2) is 9.84 Å². The highest BCUT2D eigenvalue weighted by molar-refractivity contribution is 9.10. The molecule has 6 nitrogen and oxygen atoms in total. The van der Waals surface area contributed by atoms with E-state index in [1.54, 1.807) is 12.1 Å². The fourth-order valence-electron chi connectivity index (χ4n) is 1.76. The quantitative estimate of drug-likeness (QED) is 0.506. The number of hydrogen-bond acceptors (Lipinski definition) is 5. The molecule has 0 amide bonds. The van der Waals surface area contributed by atoms with Crippen LogP contribution < -0.4 is 5.73 Å². The molecule has 0 saturated carbocycles. The lowest BCUT2D eigenvalue weighted by Gasteiger charge is -2.07. The van der Waals surface area contributed by atoms with Gasteiger partial charge >= 0.3 is 0 Å². The number of anilines is 1. The van der Waals surface area contributed by atoms with Gasteiger partial charge in [-0.05, 0) is 23.8 Å². The molecule has 0 bridgehead atoms. The average molecular weight is 371 g/mol. The van der Waals surface area contributed by atoms with Crippen molar-refractivity contribution in [1.82, 2.24) is 0 Å². The maximum absolute atomic E-state index is 12.3. The lowest BCUT2D eigenvalue weighted by Crippen LogP contribution is -2.06. The third-order valence-corrected chi connectivity index (χ3v) is 5.21. The van der Waals surface area contributed by atoms with E-state index in [9.17, 15) is 18.5 Å². The molecule has 2 N–H and O–H groups in total. The first-order chi connectivity index (χ1) is 9.79. The number of nitro groups is 1. The standard InChI is InChI=1S/C13H11BrN2O4S/c14-13-7-11(16(17)18)5-4-9(13)8-21(19,20)12-3-1-2-10(15)6-12/h1-7H,8,15H2. The topological polar surface area (TPSA) is 103 Å². The fraction of sp³-hybridized carbons (Fsp3) is 0.0769. The number of rotatable bonds is 4. The van der Waals surface area contributed by atoms with Crippen LogP contribution in [0.5, 0.6) is 0 Å². The number of non-ortho nitro benzene ring substituents is 1. The van der Waals surface area contributed by atoms with Crippen molar-refractivity contribution in [3.8, 4) is 0 Å². The summed E-state index contributed by atoms with van der Waals surface area (Å²) in [6.07, 6.45) is 0. The van der Waals surface area contributed by atoms with Crippen LogP contribution in [0.25, 0.3) is 0 Å². The molecule has 2 aromatic rings. The molecular weight excluding hydrogens is 360 g/mol. The van der Waals surface area contributed by atoms with Crippen molar-refractivity contribution in [2.24, 2.45) is 0 Å². The summed E-state index contributed by atoms with van der Waals surface area (Å²) < 4.78 is 25.0. The Labute approximate surface area is 129 Å². The number of sulfone groups is 1. The molecule has 0 spiro atoms. The third kappa shape index (κ3) is 3.59. The van der Waals surface area contributed by atoms with Gasteiger partial charge in [-0.15, -0.1) is 0 Å². The predicted octanol–water partition coefficient (Wildman–Crippen LogP) is 2.91. The molecule has 0 saturated heterocycles. The second kappa shape index (κ2) is 5.82. The largest absolute Gasteiger partial charge is 0.399 e. The summed E-state index contributed by atoms with van der Waals surface area (Å²) in [7, 11) is -3.57. The third-order valence-electron chi connectivity index (χ3n) is 2.81. The highest BCUT2D eigenvalue weighted by Gasteiger charge is 2.18. The van der Waals surface area contributed by atoms with Crippen molar-refractivity contribution < 1.29 is 13.3 Å². The zero-order chi connectivity index (χ0) is 15.6. The van der Waals surface area contributed by atoms with Crippen LogP contribution in [0.2, 0.25) is 0 Å². The van der Waals surface area contributed by atoms with Gasteiger partial charge in [0.1, 0.15) is 0 Å². The van der Waals surface area contributed by atoms with Crippen LogP contribution in [0.4, 0.5) is 11.4 Å². The van der Waals surface area contributed by atoms with Gasteiger partial charge in [-0.1, -0.05) is 28.1 Å². The molecule has 0 aromatic heterocycles. The minimum Gasteiger partial charge on any atom is -0.399 e.